The van der Waals surface area contributed by atoms with Gasteiger partial charge in [-0.2, -0.15) is 0 Å². The second-order valence-electron chi connectivity index (χ2n) is 4.19. The Balaban J connectivity index is 2.41. The molecule has 16 heavy (non-hydrogen) atoms. The fourth-order valence-corrected chi connectivity index (χ4v) is 2.60. The zero-order chi connectivity index (χ0) is 11.9. The lowest BCUT2D eigenvalue weighted by atomic mass is 10.1. The summed E-state index contributed by atoms with van der Waals surface area (Å²) < 4.78 is 1.03. The van der Waals surface area contributed by atoms with Crippen LogP contribution in [0.2, 0.25) is 0 Å². The molecule has 4 heteroatoms. The molecule has 0 aliphatic carbocycles. The highest BCUT2D eigenvalue weighted by molar-refractivity contribution is 9.10. The van der Waals surface area contributed by atoms with Crippen molar-refractivity contribution in [3.63, 3.8) is 0 Å². The molecule has 1 fully saturated rings. The van der Waals surface area contributed by atoms with Crippen LogP contribution in [0.1, 0.15) is 17.5 Å². The van der Waals surface area contributed by atoms with E-state index >= 15 is 0 Å². The maximum absolute atomic E-state index is 11.8. The average molecular weight is 303 g/mol. The Bertz CT molecular complexity index is 447. The van der Waals surface area contributed by atoms with Crippen LogP contribution >= 0.6 is 27.5 Å². The molecule has 1 unspecified atom stereocenters. The number of halogens is 2. The van der Waals surface area contributed by atoms with Crippen LogP contribution in [0.15, 0.2) is 16.6 Å². The lowest BCUT2D eigenvalue weighted by Crippen LogP contribution is -2.25. The van der Waals surface area contributed by atoms with Crippen LogP contribution < -0.4 is 4.90 Å². The minimum atomic E-state index is -0.0630. The molecule has 0 radical (unpaired) electrons. The van der Waals surface area contributed by atoms with Crippen molar-refractivity contribution < 1.29 is 4.79 Å². The number of aryl methyl sites for hydroxylation is 2. The predicted octanol–water partition coefficient (Wildman–Crippen LogP) is 3.41. The molecule has 2 nitrogen and oxygen atoms in total. The van der Waals surface area contributed by atoms with Gasteiger partial charge in [-0.3, -0.25) is 4.79 Å². The van der Waals surface area contributed by atoms with Gasteiger partial charge >= 0.3 is 0 Å². The van der Waals surface area contributed by atoms with E-state index in [2.05, 4.69) is 22.0 Å². The maximum Gasteiger partial charge on any atom is 0.228 e. The molecule has 1 saturated heterocycles. The number of carbonyl (C=O) groups is 1. The third kappa shape index (κ3) is 2.11. The van der Waals surface area contributed by atoms with E-state index in [1.54, 1.807) is 4.90 Å². The highest BCUT2D eigenvalue weighted by Crippen LogP contribution is 2.31. The molecule has 1 aliphatic rings. The number of benzene rings is 1. The number of nitrogens with zero attached hydrogens (tertiary/aromatic N) is 1. The number of anilines is 1. The minimum Gasteiger partial charge on any atom is -0.311 e. The molecule has 0 N–H and O–H groups in total. The number of amides is 1. The van der Waals surface area contributed by atoms with Crippen LogP contribution in [-0.2, 0) is 4.79 Å². The summed E-state index contributed by atoms with van der Waals surface area (Å²) in [7, 11) is 0. The smallest absolute Gasteiger partial charge is 0.228 e. The first kappa shape index (κ1) is 11.9. The largest absolute Gasteiger partial charge is 0.311 e. The highest BCUT2D eigenvalue weighted by atomic mass is 79.9. The van der Waals surface area contributed by atoms with Crippen molar-refractivity contribution in [2.45, 2.75) is 25.6 Å². The van der Waals surface area contributed by atoms with Gasteiger partial charge in [0.05, 0.1) is 5.38 Å². The van der Waals surface area contributed by atoms with Crippen molar-refractivity contribution in [3.8, 4) is 0 Å². The van der Waals surface area contributed by atoms with Gasteiger partial charge in [0.25, 0.3) is 0 Å². The zero-order valence-electron chi connectivity index (χ0n) is 9.26. The first-order valence-electron chi connectivity index (χ1n) is 5.20. The summed E-state index contributed by atoms with van der Waals surface area (Å²) in [5.41, 5.74) is 3.25. The third-order valence-corrected chi connectivity index (χ3v) is 3.99. The lowest BCUT2D eigenvalue weighted by molar-refractivity contribution is -0.117. The molecule has 86 valence electrons. The second kappa shape index (κ2) is 4.38. The van der Waals surface area contributed by atoms with E-state index in [-0.39, 0.29) is 11.3 Å². The van der Waals surface area contributed by atoms with E-state index in [1.165, 1.54) is 5.56 Å². The molecule has 0 aromatic heterocycles. The number of hydrogen-bond donors (Lipinski definition) is 0. The van der Waals surface area contributed by atoms with Gasteiger partial charge in [-0.05, 0) is 31.0 Å². The lowest BCUT2D eigenvalue weighted by Gasteiger charge is -2.19. The molecule has 0 saturated carbocycles. The van der Waals surface area contributed by atoms with Crippen molar-refractivity contribution in [2.75, 3.05) is 11.4 Å². The Kier molecular flexibility index (Phi) is 3.27. The molecular formula is C12H13BrClNO. The molecule has 0 bridgehead atoms. The van der Waals surface area contributed by atoms with Crippen molar-refractivity contribution in [3.05, 3.63) is 27.7 Å². The Morgan fingerprint density at radius 2 is 2.06 bits per heavy atom. The summed E-state index contributed by atoms with van der Waals surface area (Å²) in [6.07, 6.45) is 0.437. The second-order valence-corrected chi connectivity index (χ2v) is 5.67. The number of carbonyl (C=O) groups excluding carboxylic acids is 1. The summed E-state index contributed by atoms with van der Waals surface area (Å²) in [6.45, 7) is 4.66. The summed E-state index contributed by atoms with van der Waals surface area (Å²) in [6, 6.07) is 4.08. The monoisotopic (exact) mass is 301 g/mol. The summed E-state index contributed by atoms with van der Waals surface area (Å²) in [5, 5.41) is -0.0630. The standard InChI is InChI=1S/C12H13BrClNO/c1-7-3-8(2)11(5-10(7)13)15-6-9(14)4-12(15)16/h3,5,9H,4,6H2,1-2H3. The zero-order valence-corrected chi connectivity index (χ0v) is 11.6. The molecule has 0 spiro atoms. The van der Waals surface area contributed by atoms with Gasteiger partial charge in [0.1, 0.15) is 0 Å². The Morgan fingerprint density at radius 1 is 1.38 bits per heavy atom. The Morgan fingerprint density at radius 3 is 2.62 bits per heavy atom. The molecule has 1 aromatic carbocycles. The van der Waals surface area contributed by atoms with Gasteiger partial charge in [-0.1, -0.05) is 22.0 Å². The molecular weight excluding hydrogens is 289 g/mol. The van der Waals surface area contributed by atoms with E-state index in [0.29, 0.717) is 13.0 Å². The van der Waals surface area contributed by atoms with Gasteiger partial charge in [0.15, 0.2) is 0 Å². The first-order valence-corrected chi connectivity index (χ1v) is 6.43. The minimum absolute atomic E-state index is 0.0630. The first-order chi connectivity index (χ1) is 7.49. The van der Waals surface area contributed by atoms with Crippen LogP contribution in [0.3, 0.4) is 0 Å². The fraction of sp³-hybridized carbons (Fsp3) is 0.417. The summed E-state index contributed by atoms with van der Waals surface area (Å²) in [5.74, 6) is 0.110. The summed E-state index contributed by atoms with van der Waals surface area (Å²) in [4.78, 5) is 13.5. The summed E-state index contributed by atoms with van der Waals surface area (Å²) >= 11 is 9.49. The van der Waals surface area contributed by atoms with E-state index < -0.39 is 0 Å². The van der Waals surface area contributed by atoms with Crippen LogP contribution in [0.25, 0.3) is 0 Å². The number of rotatable bonds is 1. The molecule has 1 aromatic rings. The molecule has 2 rings (SSSR count). The van der Waals surface area contributed by atoms with Gasteiger partial charge in [-0.25, -0.2) is 0 Å². The fourth-order valence-electron chi connectivity index (χ4n) is 2.00. The maximum atomic E-state index is 11.8. The van der Waals surface area contributed by atoms with E-state index in [1.807, 2.05) is 19.9 Å². The number of alkyl halides is 1. The van der Waals surface area contributed by atoms with Crippen LogP contribution in [0.5, 0.6) is 0 Å². The van der Waals surface area contributed by atoms with Crippen LogP contribution in [-0.4, -0.2) is 17.8 Å². The van der Waals surface area contributed by atoms with Crippen LogP contribution in [0, 0.1) is 13.8 Å². The van der Waals surface area contributed by atoms with E-state index in [0.717, 1.165) is 15.7 Å². The molecule has 1 heterocycles. The van der Waals surface area contributed by atoms with Crippen molar-refractivity contribution in [1.29, 1.82) is 0 Å². The quantitative estimate of drug-likeness (QED) is 0.728. The van der Waals surface area contributed by atoms with Gasteiger partial charge in [0, 0.05) is 23.1 Å². The normalized spacial score (nSPS) is 20.6. The SMILES string of the molecule is Cc1cc(C)c(N2CC(Cl)CC2=O)cc1Br. The Hall–Kier alpha value is -0.540. The molecule has 1 aliphatic heterocycles. The Labute approximate surface area is 109 Å². The van der Waals surface area contributed by atoms with Crippen molar-refractivity contribution in [2.24, 2.45) is 0 Å². The topological polar surface area (TPSA) is 20.3 Å². The highest BCUT2D eigenvalue weighted by Gasteiger charge is 2.30. The molecule has 1 atom stereocenters. The van der Waals surface area contributed by atoms with Gasteiger partial charge in [0.2, 0.25) is 5.91 Å². The van der Waals surface area contributed by atoms with Gasteiger partial charge < -0.3 is 4.90 Å². The van der Waals surface area contributed by atoms with Crippen LogP contribution in [0.4, 0.5) is 5.69 Å². The average Bonchev–Trinajstić information content (AvgIpc) is 2.51. The third-order valence-electron chi connectivity index (χ3n) is 2.85. The number of hydrogen-bond acceptors (Lipinski definition) is 1. The molecule has 1 amide bonds. The van der Waals surface area contributed by atoms with Gasteiger partial charge in [-0.15, -0.1) is 11.6 Å². The van der Waals surface area contributed by atoms with Crippen molar-refractivity contribution in [1.82, 2.24) is 0 Å². The predicted molar refractivity (Wildman–Crippen MR) is 70.2 cm³/mol. The van der Waals surface area contributed by atoms with Crippen molar-refractivity contribution >= 4 is 39.1 Å². The van der Waals surface area contributed by atoms with E-state index in [9.17, 15) is 4.79 Å². The van der Waals surface area contributed by atoms with E-state index in [4.69, 9.17) is 11.6 Å².